The highest BCUT2D eigenvalue weighted by Crippen LogP contribution is 2.42. The number of nitrogen functional groups attached to an aromatic ring is 1. The number of sulfone groups is 2. The minimum atomic E-state index is -5.20. The summed E-state index contributed by atoms with van der Waals surface area (Å²) >= 11 is 5.52. The molecule has 4 rings (SSSR count). The van der Waals surface area contributed by atoms with Crippen LogP contribution in [0, 0.1) is 0 Å². The van der Waals surface area contributed by atoms with Gasteiger partial charge in [-0.1, -0.05) is 6.07 Å². The molecule has 4 aromatic carbocycles. The van der Waals surface area contributed by atoms with Crippen molar-refractivity contribution in [2.45, 2.75) is 27.5 Å². The average Bonchev–Trinajstić information content (AvgIpc) is 3.09. The first-order valence-corrected chi connectivity index (χ1v) is 24.1. The van der Waals surface area contributed by atoms with Crippen LogP contribution in [0.5, 0.6) is 5.75 Å². The molecule has 0 heterocycles. The molecule has 314 valence electrons. The Bertz CT molecular complexity index is 2870. The number of hydrogen-bond donors (Lipinski definition) is 6. The van der Waals surface area contributed by atoms with E-state index in [4.69, 9.17) is 21.9 Å². The van der Waals surface area contributed by atoms with Gasteiger partial charge in [-0.05, 0) is 60.3 Å². The van der Waals surface area contributed by atoms with Gasteiger partial charge in [0.1, 0.15) is 27.7 Å². The van der Waals surface area contributed by atoms with Crippen LogP contribution in [0.1, 0.15) is 12.8 Å². The van der Waals surface area contributed by atoms with Crippen LogP contribution < -0.4 is 11.1 Å². The number of nitrogens with zero attached hydrogens (tertiary/aromatic N) is 4. The lowest BCUT2D eigenvalue weighted by Crippen LogP contribution is -2.16. The number of benzene rings is 4. The second-order valence-corrected chi connectivity index (χ2v) is 20.5. The number of rotatable bonds is 18. The van der Waals surface area contributed by atoms with Gasteiger partial charge in [-0.25, -0.2) is 21.0 Å². The number of aromatic hydroxyl groups is 1. The molecule has 0 atom stereocenters. The molecular weight excluding hydrogens is 896 g/mol. The van der Waals surface area contributed by atoms with E-state index in [-0.39, 0.29) is 62.9 Å². The van der Waals surface area contributed by atoms with Crippen molar-refractivity contribution in [2.75, 3.05) is 40.8 Å². The number of fused-ring (bicyclic) bond motifs is 1. The number of hydrogen-bond acceptors (Lipinski definition) is 18. The minimum absolute atomic E-state index is 0.000602. The van der Waals surface area contributed by atoms with E-state index in [1.165, 1.54) is 12.1 Å². The first kappa shape index (κ1) is 46.0. The zero-order chi connectivity index (χ0) is 43.3. The van der Waals surface area contributed by atoms with E-state index in [0.29, 0.717) is 6.07 Å². The van der Waals surface area contributed by atoms with Crippen molar-refractivity contribution in [3.63, 3.8) is 0 Å². The molecule has 1 amide bonds. The fourth-order valence-corrected chi connectivity index (χ4v) is 9.26. The van der Waals surface area contributed by atoms with E-state index in [1.807, 2.05) is 0 Å². The summed E-state index contributed by atoms with van der Waals surface area (Å²) in [6.45, 7) is -0.887. The Kier molecular flexibility index (Phi) is 14.3. The van der Waals surface area contributed by atoms with Gasteiger partial charge in [0, 0.05) is 18.4 Å². The van der Waals surface area contributed by atoms with Gasteiger partial charge in [-0.3, -0.25) is 18.5 Å². The van der Waals surface area contributed by atoms with Crippen molar-refractivity contribution in [3.8, 4) is 5.75 Å². The largest absolute Gasteiger partial charge is 0.507 e. The van der Waals surface area contributed by atoms with E-state index in [1.54, 1.807) is 0 Å². The molecule has 0 aliphatic carbocycles. The predicted octanol–water partition coefficient (Wildman–Crippen LogP) is 4.42. The van der Waals surface area contributed by atoms with Crippen molar-refractivity contribution in [2.24, 2.45) is 20.5 Å². The van der Waals surface area contributed by atoms with Crippen LogP contribution in [0.4, 0.5) is 34.1 Å². The molecule has 0 radical (unpaired) electrons. The van der Waals surface area contributed by atoms with Crippen LogP contribution in [0.25, 0.3) is 10.8 Å². The standard InChI is InChI=1S/C30H31ClN6O16S5/c31-9-12-54(40,41)11-1-2-28(39)33-23-16-25(36-37-30-22(32)8-3-18-14-21(56(44,45)46)15-26(38)29(18)30)27(57(47,48)49)17-24(23)35-34-19-4-6-20(7-5-19)55(42,43)13-10-53-58(50,51)52/h3-8,14-17,38H,1-2,9-13,32H2,(H,33,39)(H,44,45,46)(H,47,48,49)(H,50,51,52)/b35-34+,37-36+. The van der Waals surface area contributed by atoms with Crippen molar-refractivity contribution in [3.05, 3.63) is 60.7 Å². The highest BCUT2D eigenvalue weighted by atomic mass is 35.5. The summed E-state index contributed by atoms with van der Waals surface area (Å²) in [6.07, 6.45) is -0.532. The minimum Gasteiger partial charge on any atom is -0.507 e. The van der Waals surface area contributed by atoms with Crippen molar-refractivity contribution in [1.29, 1.82) is 0 Å². The summed E-state index contributed by atoms with van der Waals surface area (Å²) in [7, 11) is -22.6. The number of anilines is 2. The molecule has 0 aromatic heterocycles. The first-order chi connectivity index (χ1) is 26.8. The fourth-order valence-electron chi connectivity index (χ4n) is 4.88. The van der Waals surface area contributed by atoms with Crippen LogP contribution >= 0.6 is 11.6 Å². The van der Waals surface area contributed by atoms with Crippen molar-refractivity contribution >= 4 is 113 Å². The summed E-state index contributed by atoms with van der Waals surface area (Å²) in [5.41, 5.74) is 4.11. The number of phenols is 1. The highest BCUT2D eigenvalue weighted by molar-refractivity contribution is 7.91. The number of carbonyl (C=O) groups is 1. The van der Waals surface area contributed by atoms with Gasteiger partial charge in [0.05, 0.1) is 56.1 Å². The first-order valence-electron chi connectivity index (χ1n) is 15.8. The lowest BCUT2D eigenvalue weighted by molar-refractivity contribution is -0.116. The summed E-state index contributed by atoms with van der Waals surface area (Å²) in [6, 6.07) is 10.2. The maximum Gasteiger partial charge on any atom is 0.397 e. The molecule has 0 unspecified atom stereocenters. The second kappa shape index (κ2) is 18.1. The van der Waals surface area contributed by atoms with E-state index in [0.717, 1.165) is 42.5 Å². The van der Waals surface area contributed by atoms with Crippen LogP contribution in [-0.4, -0.2) is 96.5 Å². The molecule has 0 aliphatic heterocycles. The predicted molar refractivity (Wildman–Crippen MR) is 208 cm³/mol. The summed E-state index contributed by atoms with van der Waals surface area (Å²) < 4.78 is 152. The van der Waals surface area contributed by atoms with Crippen molar-refractivity contribution < 1.29 is 69.8 Å². The number of alkyl halides is 1. The number of nitrogens with two attached hydrogens (primary N) is 1. The van der Waals surface area contributed by atoms with Gasteiger partial charge in [-0.2, -0.15) is 30.4 Å². The van der Waals surface area contributed by atoms with Gasteiger partial charge in [0.2, 0.25) is 5.91 Å². The van der Waals surface area contributed by atoms with Crippen LogP contribution in [0.2, 0.25) is 0 Å². The van der Waals surface area contributed by atoms with Crippen LogP contribution in [-0.2, 0) is 59.3 Å². The quantitative estimate of drug-likeness (QED) is 0.0348. The molecular formula is C30H31ClN6O16S5. The Morgan fingerprint density at radius 1 is 0.741 bits per heavy atom. The third-order valence-corrected chi connectivity index (χ3v) is 13.6. The number of carbonyl (C=O) groups excluding carboxylic acids is 1. The SMILES string of the molecule is Nc1ccc2cc(S(=O)(=O)O)cc(O)c2c1/N=N/c1cc(NC(=O)CCCS(=O)(=O)CCCl)c(/N=N/c2ccc(S(=O)(=O)CCOS(=O)(=O)O)cc2)cc1S(=O)(=O)O. The van der Waals surface area contributed by atoms with E-state index < -0.39 is 101 Å². The topological polar surface area (TPSA) is 365 Å². The number of halogens is 1. The second-order valence-electron chi connectivity index (χ2n) is 11.8. The summed E-state index contributed by atoms with van der Waals surface area (Å²) in [5.74, 6) is -3.26. The maximum absolute atomic E-state index is 13.0. The molecule has 0 fully saturated rings. The van der Waals surface area contributed by atoms with E-state index in [2.05, 4.69) is 30.0 Å². The van der Waals surface area contributed by atoms with Gasteiger partial charge < -0.3 is 16.2 Å². The maximum atomic E-state index is 13.0. The number of amides is 1. The Balaban J connectivity index is 1.79. The normalized spacial score (nSPS) is 13.1. The van der Waals surface area contributed by atoms with Crippen molar-refractivity contribution in [1.82, 2.24) is 0 Å². The molecule has 0 spiro atoms. The lowest BCUT2D eigenvalue weighted by Gasteiger charge is -2.12. The molecule has 0 saturated carbocycles. The molecule has 28 heteroatoms. The van der Waals surface area contributed by atoms with Gasteiger partial charge in [0.25, 0.3) is 20.2 Å². The van der Waals surface area contributed by atoms with E-state index in [9.17, 15) is 61.1 Å². The number of nitrogens with one attached hydrogen (secondary N) is 1. The molecule has 0 saturated heterocycles. The molecule has 0 aliphatic rings. The molecule has 0 bridgehead atoms. The molecule has 22 nitrogen and oxygen atoms in total. The molecule has 58 heavy (non-hydrogen) atoms. The third kappa shape index (κ3) is 12.6. The Labute approximate surface area is 336 Å². The third-order valence-electron chi connectivity index (χ3n) is 7.56. The van der Waals surface area contributed by atoms with Gasteiger partial charge in [-0.15, -0.1) is 26.9 Å². The molecule has 4 aromatic rings. The number of azo groups is 2. The van der Waals surface area contributed by atoms with Crippen LogP contribution in [0.3, 0.4) is 0 Å². The fraction of sp³-hybridized carbons (Fsp3) is 0.233. The van der Waals surface area contributed by atoms with Gasteiger partial charge in [0.15, 0.2) is 19.7 Å². The zero-order valence-corrected chi connectivity index (χ0v) is 34.0. The Morgan fingerprint density at radius 2 is 1.40 bits per heavy atom. The van der Waals surface area contributed by atoms with E-state index >= 15 is 0 Å². The Hall–Kier alpha value is -4.71. The Morgan fingerprint density at radius 3 is 2.00 bits per heavy atom. The van der Waals surface area contributed by atoms with Gasteiger partial charge >= 0.3 is 10.4 Å². The average molecular weight is 927 g/mol. The zero-order valence-electron chi connectivity index (χ0n) is 29.2. The highest BCUT2D eigenvalue weighted by Gasteiger charge is 2.23. The summed E-state index contributed by atoms with van der Waals surface area (Å²) in [5, 5.41) is 28.6. The number of phenolic OH excluding ortho intramolecular Hbond substituents is 1. The smallest absolute Gasteiger partial charge is 0.397 e. The van der Waals surface area contributed by atoms with Crippen LogP contribution in [0.15, 0.2) is 95.8 Å². The summed E-state index contributed by atoms with van der Waals surface area (Å²) in [4.78, 5) is 11.1. The molecule has 7 N–H and O–H groups in total. The lowest BCUT2D eigenvalue weighted by atomic mass is 10.1. The monoisotopic (exact) mass is 926 g/mol.